The first kappa shape index (κ1) is 22.0. The predicted molar refractivity (Wildman–Crippen MR) is 119 cm³/mol. The molecule has 0 spiro atoms. The maximum atomic E-state index is 12.2. The van der Waals surface area contributed by atoms with E-state index in [-0.39, 0.29) is 11.8 Å². The number of carbonyl (C=O) groups is 2. The quantitative estimate of drug-likeness (QED) is 0.737. The number of likely N-dealkylation sites (tertiary alicyclic amines) is 1. The van der Waals surface area contributed by atoms with Gasteiger partial charge in [-0.1, -0.05) is 30.7 Å². The lowest BCUT2D eigenvalue weighted by atomic mass is 10.0. The number of nitrogens with zero attached hydrogens (tertiary/aromatic N) is 2. The summed E-state index contributed by atoms with van der Waals surface area (Å²) in [4.78, 5) is 31.0. The molecule has 0 unspecified atom stereocenters. The van der Waals surface area contributed by atoms with Gasteiger partial charge < -0.3 is 15.5 Å². The minimum absolute atomic E-state index is 0.0962. The van der Waals surface area contributed by atoms with Crippen LogP contribution in [0.3, 0.4) is 0 Å². The zero-order valence-corrected chi connectivity index (χ0v) is 18.2. The summed E-state index contributed by atoms with van der Waals surface area (Å²) in [5, 5.41) is 5.65. The minimum atomic E-state index is -0.132. The van der Waals surface area contributed by atoms with Gasteiger partial charge in [0.25, 0.3) is 5.91 Å². The van der Waals surface area contributed by atoms with Crippen LogP contribution in [0, 0.1) is 6.92 Å². The van der Waals surface area contributed by atoms with Crippen molar-refractivity contribution in [3.8, 4) is 11.3 Å². The number of amides is 2. The first-order valence-electron chi connectivity index (χ1n) is 10.8. The lowest BCUT2D eigenvalue weighted by molar-refractivity contribution is -0.121. The number of nitrogens with one attached hydrogen (secondary N) is 2. The number of carbonyl (C=O) groups excluding carboxylic acids is 2. The summed E-state index contributed by atoms with van der Waals surface area (Å²) in [7, 11) is 1.61. The van der Waals surface area contributed by atoms with E-state index in [4.69, 9.17) is 0 Å². The Kier molecular flexibility index (Phi) is 7.57. The first-order chi connectivity index (χ1) is 14.5. The summed E-state index contributed by atoms with van der Waals surface area (Å²) < 4.78 is 0. The fraction of sp³-hybridized carbons (Fsp3) is 0.458. The lowest BCUT2D eigenvalue weighted by Crippen LogP contribution is -2.39. The highest BCUT2D eigenvalue weighted by Gasteiger charge is 2.18. The Morgan fingerprint density at radius 1 is 1.13 bits per heavy atom. The average Bonchev–Trinajstić information content (AvgIpc) is 2.77. The van der Waals surface area contributed by atoms with Crippen molar-refractivity contribution in [2.45, 2.75) is 52.1 Å². The Bertz CT molecular complexity index is 879. The second-order valence-corrected chi connectivity index (χ2v) is 8.01. The van der Waals surface area contributed by atoms with Crippen LogP contribution in [-0.4, -0.2) is 47.9 Å². The number of hydrogen-bond donors (Lipinski definition) is 2. The zero-order valence-electron chi connectivity index (χ0n) is 18.2. The van der Waals surface area contributed by atoms with Crippen LogP contribution >= 0.6 is 0 Å². The van der Waals surface area contributed by atoms with Gasteiger partial charge >= 0.3 is 0 Å². The van der Waals surface area contributed by atoms with E-state index in [9.17, 15) is 9.59 Å². The molecule has 1 aromatic heterocycles. The smallest absolute Gasteiger partial charge is 0.252 e. The topological polar surface area (TPSA) is 74.3 Å². The van der Waals surface area contributed by atoms with Crippen LogP contribution in [0.15, 0.2) is 36.4 Å². The van der Waals surface area contributed by atoms with Crippen molar-refractivity contribution in [1.82, 2.24) is 20.5 Å². The number of rotatable bonds is 7. The molecule has 30 heavy (non-hydrogen) atoms. The van der Waals surface area contributed by atoms with E-state index in [2.05, 4.69) is 27.4 Å². The molecule has 2 amide bonds. The second-order valence-electron chi connectivity index (χ2n) is 8.01. The third kappa shape index (κ3) is 5.66. The molecule has 1 atom stereocenters. The minimum Gasteiger partial charge on any atom is -0.355 e. The molecule has 1 aliphatic rings. The Balaban J connectivity index is 1.51. The van der Waals surface area contributed by atoms with Crippen LogP contribution in [0.4, 0.5) is 0 Å². The van der Waals surface area contributed by atoms with Crippen LogP contribution in [0.2, 0.25) is 0 Å². The summed E-state index contributed by atoms with van der Waals surface area (Å²) in [6.07, 6.45) is 4.31. The molecule has 1 saturated heterocycles. The van der Waals surface area contributed by atoms with Gasteiger partial charge in [0.1, 0.15) is 0 Å². The SMILES string of the molecule is CNC(=O)c1ccc(-c2ccc(CNC(=O)CCN3CCCC[C@@H]3C)cc2)nc1C. The number of aromatic nitrogens is 1. The zero-order chi connectivity index (χ0) is 21.5. The molecule has 1 aliphatic heterocycles. The summed E-state index contributed by atoms with van der Waals surface area (Å²) in [5.74, 6) is -0.0358. The molecule has 1 aromatic carbocycles. The van der Waals surface area contributed by atoms with Crippen LogP contribution in [0.25, 0.3) is 11.3 Å². The molecule has 6 heteroatoms. The van der Waals surface area contributed by atoms with Gasteiger partial charge in [-0.2, -0.15) is 0 Å². The molecule has 0 radical (unpaired) electrons. The number of pyridine rings is 1. The maximum Gasteiger partial charge on any atom is 0.252 e. The molecule has 2 N–H and O–H groups in total. The molecule has 0 saturated carbocycles. The molecule has 2 heterocycles. The van der Waals surface area contributed by atoms with E-state index in [1.54, 1.807) is 13.1 Å². The normalized spacial score (nSPS) is 16.8. The second kappa shape index (κ2) is 10.3. The molecule has 6 nitrogen and oxygen atoms in total. The van der Waals surface area contributed by atoms with Crippen LogP contribution in [-0.2, 0) is 11.3 Å². The Morgan fingerprint density at radius 2 is 1.90 bits per heavy atom. The molecule has 0 bridgehead atoms. The van der Waals surface area contributed by atoms with E-state index in [0.717, 1.165) is 29.9 Å². The van der Waals surface area contributed by atoms with Crippen molar-refractivity contribution in [2.24, 2.45) is 0 Å². The molecule has 2 aromatic rings. The summed E-state index contributed by atoms with van der Waals surface area (Å²) in [6.45, 7) is 6.55. The van der Waals surface area contributed by atoms with E-state index < -0.39 is 0 Å². The Hall–Kier alpha value is -2.73. The van der Waals surface area contributed by atoms with Crippen LogP contribution in [0.5, 0.6) is 0 Å². The van der Waals surface area contributed by atoms with Crippen molar-refractivity contribution in [1.29, 1.82) is 0 Å². The van der Waals surface area contributed by atoms with E-state index in [0.29, 0.717) is 30.3 Å². The maximum absolute atomic E-state index is 12.2. The third-order valence-electron chi connectivity index (χ3n) is 5.86. The van der Waals surface area contributed by atoms with Crippen LogP contribution in [0.1, 0.15) is 54.2 Å². The summed E-state index contributed by atoms with van der Waals surface area (Å²) >= 11 is 0. The van der Waals surface area contributed by atoms with E-state index in [1.807, 2.05) is 37.3 Å². The van der Waals surface area contributed by atoms with Crippen molar-refractivity contribution in [2.75, 3.05) is 20.1 Å². The predicted octanol–water partition coefficient (Wildman–Crippen LogP) is 3.30. The largest absolute Gasteiger partial charge is 0.355 e. The van der Waals surface area contributed by atoms with Gasteiger partial charge in [-0.15, -0.1) is 0 Å². The van der Waals surface area contributed by atoms with Gasteiger partial charge in [-0.05, 0) is 50.9 Å². The summed E-state index contributed by atoms with van der Waals surface area (Å²) in [5.41, 5.74) is 4.14. The fourth-order valence-electron chi connectivity index (χ4n) is 3.91. The highest BCUT2D eigenvalue weighted by atomic mass is 16.2. The first-order valence-corrected chi connectivity index (χ1v) is 10.8. The van der Waals surface area contributed by atoms with Crippen molar-refractivity contribution < 1.29 is 9.59 Å². The molecular formula is C24H32N4O2. The van der Waals surface area contributed by atoms with Gasteiger partial charge in [0, 0.05) is 38.2 Å². The van der Waals surface area contributed by atoms with Gasteiger partial charge in [-0.3, -0.25) is 14.6 Å². The molecule has 0 aliphatic carbocycles. The van der Waals surface area contributed by atoms with Crippen molar-refractivity contribution in [3.05, 3.63) is 53.2 Å². The summed E-state index contributed by atoms with van der Waals surface area (Å²) in [6, 6.07) is 12.2. The van der Waals surface area contributed by atoms with Crippen LogP contribution < -0.4 is 10.6 Å². The van der Waals surface area contributed by atoms with Gasteiger partial charge in [0.05, 0.1) is 17.0 Å². The van der Waals surface area contributed by atoms with E-state index in [1.165, 1.54) is 19.3 Å². The van der Waals surface area contributed by atoms with Gasteiger partial charge in [0.15, 0.2) is 0 Å². The Morgan fingerprint density at radius 3 is 2.57 bits per heavy atom. The number of benzene rings is 1. The lowest BCUT2D eigenvalue weighted by Gasteiger charge is -2.33. The van der Waals surface area contributed by atoms with Gasteiger partial charge in [0.2, 0.25) is 5.91 Å². The van der Waals surface area contributed by atoms with Crippen molar-refractivity contribution in [3.63, 3.8) is 0 Å². The fourth-order valence-corrected chi connectivity index (χ4v) is 3.91. The third-order valence-corrected chi connectivity index (χ3v) is 5.86. The number of aryl methyl sites for hydroxylation is 1. The molecule has 160 valence electrons. The Labute approximate surface area is 179 Å². The number of piperidine rings is 1. The van der Waals surface area contributed by atoms with E-state index >= 15 is 0 Å². The standard InChI is InChI=1S/C24H32N4O2/c1-17-6-4-5-14-28(17)15-13-23(29)26-16-19-7-9-20(10-8-19)22-12-11-21(18(2)27-22)24(30)25-3/h7-12,17H,4-6,13-16H2,1-3H3,(H,25,30)(H,26,29)/t17-/m0/s1. The highest BCUT2D eigenvalue weighted by molar-refractivity contribution is 5.95. The number of hydrogen-bond acceptors (Lipinski definition) is 4. The highest BCUT2D eigenvalue weighted by Crippen LogP contribution is 2.20. The van der Waals surface area contributed by atoms with Gasteiger partial charge in [-0.25, -0.2) is 0 Å². The van der Waals surface area contributed by atoms with Crippen molar-refractivity contribution >= 4 is 11.8 Å². The molecule has 1 fully saturated rings. The molecular weight excluding hydrogens is 376 g/mol. The average molecular weight is 409 g/mol. The molecule has 3 rings (SSSR count). The monoisotopic (exact) mass is 408 g/mol.